The summed E-state index contributed by atoms with van der Waals surface area (Å²) in [6.45, 7) is 3.43. The van der Waals surface area contributed by atoms with Crippen molar-refractivity contribution in [3.63, 3.8) is 0 Å². The van der Waals surface area contributed by atoms with Gasteiger partial charge in [-0.2, -0.15) is 0 Å². The Bertz CT molecular complexity index is 1220. The number of esters is 1. The molecule has 0 radical (unpaired) electrons. The average molecular weight is 906 g/mol. The van der Waals surface area contributed by atoms with Gasteiger partial charge in [-0.25, -0.2) is 4.57 Å². The zero-order valence-corrected chi connectivity index (χ0v) is 41.4. The number of carbonyl (C=O) groups excluding carboxylic acids is 2. The summed E-state index contributed by atoms with van der Waals surface area (Å²) in [5, 5.41) is 12.7. The largest absolute Gasteiger partial charge is 0.472 e. The molecule has 0 aromatic heterocycles. The highest BCUT2D eigenvalue weighted by Gasteiger charge is 2.23. The number of hydrogen-bond acceptors (Lipinski definition) is 7. The van der Waals surface area contributed by atoms with Crippen molar-refractivity contribution in [2.75, 3.05) is 26.4 Å². The van der Waals surface area contributed by atoms with E-state index in [-0.39, 0.29) is 32.1 Å². The van der Waals surface area contributed by atoms with Crippen LogP contribution < -0.4 is 5.32 Å². The molecule has 2 unspecified atom stereocenters. The number of hydrogen-bond donors (Lipinski definition) is 3. The fraction of sp³-hybridized carbons (Fsp3) is 0.774. The van der Waals surface area contributed by atoms with E-state index in [1.165, 1.54) is 128 Å². The second-order valence-electron chi connectivity index (χ2n) is 17.1. The lowest BCUT2D eigenvalue weighted by Gasteiger charge is -2.15. The molecule has 3 N–H and O–H groups in total. The minimum absolute atomic E-state index is 0.0620. The number of nitrogens with one attached hydrogen (secondary N) is 1. The van der Waals surface area contributed by atoms with E-state index in [0.29, 0.717) is 6.42 Å². The highest BCUT2D eigenvalue weighted by Crippen LogP contribution is 2.42. The Balaban J connectivity index is 3.58. The SMILES string of the molecule is CC/C=C\C/C=C\C/C=C\C/C=C\C/C=C\CCCCCC(=O)NCCOP(=O)(O)OCC(O)COC(=O)CCCCCCCCCCCCCCCCCCCCCCCCC. The molecule has 63 heavy (non-hydrogen) atoms. The molecular weight excluding hydrogens is 810 g/mol. The predicted octanol–water partition coefficient (Wildman–Crippen LogP) is 15.2. The van der Waals surface area contributed by atoms with Gasteiger partial charge in [-0.3, -0.25) is 18.6 Å². The second kappa shape index (κ2) is 49.2. The minimum Gasteiger partial charge on any atom is -0.463 e. The van der Waals surface area contributed by atoms with Crippen LogP contribution in [-0.2, 0) is 27.9 Å². The molecule has 0 aliphatic rings. The highest BCUT2D eigenvalue weighted by atomic mass is 31.2. The van der Waals surface area contributed by atoms with Gasteiger partial charge in [-0.15, -0.1) is 0 Å². The lowest BCUT2D eigenvalue weighted by molar-refractivity contribution is -0.147. The maximum absolute atomic E-state index is 12.1. The van der Waals surface area contributed by atoms with Crippen LogP contribution in [0.15, 0.2) is 60.8 Å². The molecule has 0 aromatic rings. The lowest BCUT2D eigenvalue weighted by Crippen LogP contribution is -2.27. The monoisotopic (exact) mass is 906 g/mol. The Labute approximate surface area is 387 Å². The van der Waals surface area contributed by atoms with Gasteiger partial charge in [0.05, 0.1) is 13.2 Å². The number of allylic oxidation sites excluding steroid dienone is 10. The van der Waals surface area contributed by atoms with Gasteiger partial charge in [0.1, 0.15) is 12.7 Å². The number of aliphatic hydroxyl groups excluding tert-OH is 1. The number of carbonyl (C=O) groups is 2. The molecule has 9 nitrogen and oxygen atoms in total. The average Bonchev–Trinajstić information content (AvgIpc) is 3.27. The van der Waals surface area contributed by atoms with E-state index >= 15 is 0 Å². The van der Waals surface area contributed by atoms with Gasteiger partial charge in [0.25, 0.3) is 0 Å². The quantitative estimate of drug-likeness (QED) is 0.0238. The Morgan fingerprint density at radius 2 is 0.905 bits per heavy atom. The molecule has 0 aliphatic carbocycles. The fourth-order valence-electron chi connectivity index (χ4n) is 7.11. The third-order valence-corrected chi connectivity index (χ3v) is 11.9. The van der Waals surface area contributed by atoms with Crippen molar-refractivity contribution in [1.29, 1.82) is 0 Å². The molecular formula is C53H96NO8P. The smallest absolute Gasteiger partial charge is 0.463 e. The van der Waals surface area contributed by atoms with Crippen molar-refractivity contribution in [1.82, 2.24) is 5.32 Å². The van der Waals surface area contributed by atoms with Gasteiger partial charge in [-0.05, 0) is 57.8 Å². The lowest BCUT2D eigenvalue weighted by atomic mass is 10.0. The first kappa shape index (κ1) is 60.7. The predicted molar refractivity (Wildman–Crippen MR) is 266 cm³/mol. The van der Waals surface area contributed by atoms with Crippen LogP contribution in [-0.4, -0.2) is 54.3 Å². The van der Waals surface area contributed by atoms with Crippen molar-refractivity contribution in [2.45, 2.75) is 238 Å². The van der Waals surface area contributed by atoms with Crippen LogP contribution in [0.4, 0.5) is 0 Å². The van der Waals surface area contributed by atoms with Gasteiger partial charge in [0, 0.05) is 19.4 Å². The van der Waals surface area contributed by atoms with Gasteiger partial charge in [0.2, 0.25) is 5.91 Å². The van der Waals surface area contributed by atoms with Crippen LogP contribution in [0.3, 0.4) is 0 Å². The Hall–Kier alpha value is -2.29. The number of ether oxygens (including phenoxy) is 1. The zero-order chi connectivity index (χ0) is 46.0. The van der Waals surface area contributed by atoms with E-state index in [1.54, 1.807) is 0 Å². The van der Waals surface area contributed by atoms with Crippen molar-refractivity contribution < 1.29 is 37.9 Å². The highest BCUT2D eigenvalue weighted by molar-refractivity contribution is 7.47. The summed E-state index contributed by atoms with van der Waals surface area (Å²) in [5.41, 5.74) is 0. The van der Waals surface area contributed by atoms with Gasteiger partial charge in [0.15, 0.2) is 0 Å². The molecule has 10 heteroatoms. The van der Waals surface area contributed by atoms with Gasteiger partial charge < -0.3 is 20.1 Å². The Morgan fingerprint density at radius 1 is 0.508 bits per heavy atom. The van der Waals surface area contributed by atoms with Crippen molar-refractivity contribution >= 4 is 19.7 Å². The number of aliphatic hydroxyl groups is 1. The molecule has 366 valence electrons. The first-order chi connectivity index (χ1) is 30.8. The van der Waals surface area contributed by atoms with Crippen LogP contribution in [0, 0.1) is 0 Å². The van der Waals surface area contributed by atoms with Crippen LogP contribution in [0.1, 0.15) is 232 Å². The summed E-state index contributed by atoms with van der Waals surface area (Å²) in [6, 6.07) is 0. The van der Waals surface area contributed by atoms with Crippen LogP contribution >= 0.6 is 7.82 Å². The third kappa shape index (κ3) is 50.6. The topological polar surface area (TPSA) is 131 Å². The molecule has 0 spiro atoms. The Morgan fingerprint density at radius 3 is 1.37 bits per heavy atom. The van der Waals surface area contributed by atoms with E-state index in [1.807, 2.05) is 0 Å². The first-order valence-electron chi connectivity index (χ1n) is 25.8. The molecule has 1 amide bonds. The molecule has 0 rings (SSSR count). The fourth-order valence-corrected chi connectivity index (χ4v) is 7.87. The maximum Gasteiger partial charge on any atom is 0.472 e. The van der Waals surface area contributed by atoms with E-state index in [0.717, 1.165) is 77.0 Å². The summed E-state index contributed by atoms with van der Waals surface area (Å²) >= 11 is 0. The zero-order valence-electron chi connectivity index (χ0n) is 40.5. The number of rotatable bonds is 48. The van der Waals surface area contributed by atoms with Crippen molar-refractivity contribution in [2.24, 2.45) is 0 Å². The van der Waals surface area contributed by atoms with E-state index < -0.39 is 26.5 Å². The summed E-state index contributed by atoms with van der Waals surface area (Å²) < 4.78 is 27.0. The number of unbranched alkanes of at least 4 members (excludes halogenated alkanes) is 25. The first-order valence-corrected chi connectivity index (χ1v) is 27.3. The van der Waals surface area contributed by atoms with Crippen LogP contribution in [0.25, 0.3) is 0 Å². The maximum atomic E-state index is 12.1. The summed E-state index contributed by atoms with van der Waals surface area (Å²) in [6.07, 6.45) is 60.3. The molecule has 0 saturated heterocycles. The molecule has 0 aromatic carbocycles. The molecule has 0 saturated carbocycles. The van der Waals surface area contributed by atoms with Crippen LogP contribution in [0.2, 0.25) is 0 Å². The molecule has 0 heterocycles. The molecule has 2 atom stereocenters. The normalized spacial score (nSPS) is 13.7. The molecule has 0 fully saturated rings. The summed E-state index contributed by atoms with van der Waals surface area (Å²) in [4.78, 5) is 34.1. The van der Waals surface area contributed by atoms with Crippen LogP contribution in [0.5, 0.6) is 0 Å². The van der Waals surface area contributed by atoms with E-state index in [2.05, 4.69) is 79.9 Å². The summed E-state index contributed by atoms with van der Waals surface area (Å²) in [5.74, 6) is -0.544. The number of amides is 1. The summed E-state index contributed by atoms with van der Waals surface area (Å²) in [7, 11) is -4.43. The van der Waals surface area contributed by atoms with Crippen molar-refractivity contribution in [3.8, 4) is 0 Å². The number of phosphoric ester groups is 1. The van der Waals surface area contributed by atoms with E-state index in [9.17, 15) is 24.2 Å². The van der Waals surface area contributed by atoms with Crippen molar-refractivity contribution in [3.05, 3.63) is 60.8 Å². The molecule has 0 aliphatic heterocycles. The third-order valence-electron chi connectivity index (χ3n) is 11.0. The number of phosphoric acid groups is 1. The van der Waals surface area contributed by atoms with Gasteiger partial charge in [-0.1, -0.05) is 222 Å². The van der Waals surface area contributed by atoms with E-state index in [4.69, 9.17) is 13.8 Å². The Kier molecular flexibility index (Phi) is 47.4. The standard InChI is InChI=1S/C53H96NO8P/c1-3-5-7-9-11-13-15-17-19-21-23-24-25-26-28-30-32-34-36-38-40-42-44-46-53(57)60-49-51(55)50-62-63(58,59)61-48-47-54-52(56)45-43-41-39-37-35-33-31-29-27-22-20-18-16-14-12-10-8-6-4-2/h6,8,12,14,18,20,27,29,33,35,51,55H,3-5,7,9-11,13,15-17,19,21-26,28,30-32,34,36-50H2,1-2H3,(H,54,56)(H,58,59)/b8-6-,14-12-,20-18-,29-27-,35-33-. The van der Waals surface area contributed by atoms with Gasteiger partial charge >= 0.3 is 13.8 Å². The second-order valence-corrected chi connectivity index (χ2v) is 18.6. The molecule has 0 bridgehead atoms. The minimum atomic E-state index is -4.43.